The van der Waals surface area contributed by atoms with Crippen molar-refractivity contribution < 1.29 is 0 Å². The van der Waals surface area contributed by atoms with Crippen LogP contribution in [0.2, 0.25) is 0 Å². The van der Waals surface area contributed by atoms with Crippen LogP contribution in [0, 0.1) is 0 Å². The fourth-order valence-electron chi connectivity index (χ4n) is 2.64. The lowest BCUT2D eigenvalue weighted by Gasteiger charge is -2.31. The lowest BCUT2D eigenvalue weighted by atomic mass is 10.2. The molecule has 0 bridgehead atoms. The molecule has 102 valence electrons. The molecule has 0 amide bonds. The molecule has 1 aromatic heterocycles. The Morgan fingerprint density at radius 2 is 2.16 bits per heavy atom. The van der Waals surface area contributed by atoms with Gasteiger partial charge in [-0.25, -0.2) is 4.98 Å². The second kappa shape index (κ2) is 5.69. The molecule has 2 heterocycles. The number of piperazine rings is 1. The summed E-state index contributed by atoms with van der Waals surface area (Å²) in [6, 6.07) is 6.44. The van der Waals surface area contributed by atoms with Crippen molar-refractivity contribution in [3.8, 4) is 0 Å². The predicted molar refractivity (Wildman–Crippen MR) is 76.9 cm³/mol. The molecule has 0 radical (unpaired) electrons. The van der Waals surface area contributed by atoms with Gasteiger partial charge in [0.05, 0.1) is 24.0 Å². The first-order chi connectivity index (χ1) is 9.31. The maximum absolute atomic E-state index is 4.25. The summed E-state index contributed by atoms with van der Waals surface area (Å²) in [5, 5.41) is 3.38. The minimum atomic E-state index is 0.971. The Balaban J connectivity index is 1.59. The number of fused-ring (bicyclic) bond motifs is 1. The van der Waals surface area contributed by atoms with Crippen LogP contribution in [0.3, 0.4) is 0 Å². The monoisotopic (exact) mass is 259 g/mol. The van der Waals surface area contributed by atoms with Gasteiger partial charge in [0.1, 0.15) is 0 Å². The fourth-order valence-corrected chi connectivity index (χ4v) is 2.64. The molecule has 1 aliphatic heterocycles. The third kappa shape index (κ3) is 3.12. The van der Waals surface area contributed by atoms with Crippen LogP contribution in [0.25, 0.3) is 11.0 Å². The van der Waals surface area contributed by atoms with Gasteiger partial charge in [0.15, 0.2) is 0 Å². The van der Waals surface area contributed by atoms with Crippen LogP contribution in [0.15, 0.2) is 24.5 Å². The van der Waals surface area contributed by atoms with Crippen molar-refractivity contribution in [2.24, 2.45) is 0 Å². The molecule has 1 aliphatic rings. The molecule has 2 aromatic rings. The highest BCUT2D eigenvalue weighted by Crippen LogP contribution is 2.13. The van der Waals surface area contributed by atoms with E-state index in [1.54, 1.807) is 6.33 Å². The topological polar surface area (TPSA) is 47.2 Å². The second-order valence-electron chi connectivity index (χ2n) is 5.28. The quantitative estimate of drug-likeness (QED) is 0.855. The molecule has 1 aromatic carbocycles. The first kappa shape index (κ1) is 12.6. The Morgan fingerprint density at radius 3 is 3.00 bits per heavy atom. The summed E-state index contributed by atoms with van der Waals surface area (Å²) in [5.74, 6) is 0. The van der Waals surface area contributed by atoms with Gasteiger partial charge in [-0.15, -0.1) is 0 Å². The third-order valence-electron chi connectivity index (χ3n) is 3.59. The van der Waals surface area contributed by atoms with Crippen molar-refractivity contribution in [3.05, 3.63) is 30.1 Å². The Morgan fingerprint density at radius 1 is 1.32 bits per heavy atom. The molecule has 1 saturated heterocycles. The number of imidazole rings is 1. The lowest BCUT2D eigenvalue weighted by molar-refractivity contribution is 0.135. The lowest BCUT2D eigenvalue weighted by Crippen LogP contribution is -2.47. The Hall–Kier alpha value is -1.43. The van der Waals surface area contributed by atoms with Crippen LogP contribution in [-0.4, -0.2) is 59.7 Å². The van der Waals surface area contributed by atoms with Crippen LogP contribution in [0.1, 0.15) is 5.56 Å². The molecule has 0 saturated carbocycles. The van der Waals surface area contributed by atoms with Gasteiger partial charge in [-0.1, -0.05) is 6.07 Å². The summed E-state index contributed by atoms with van der Waals surface area (Å²) in [7, 11) is 2.18. The molecule has 0 aliphatic carbocycles. The van der Waals surface area contributed by atoms with Crippen LogP contribution in [0.4, 0.5) is 0 Å². The SMILES string of the molecule is CN(Cc1ccc2nc[nH]c2c1)CN1CCNCC1. The van der Waals surface area contributed by atoms with Crippen LogP contribution in [-0.2, 0) is 6.54 Å². The fraction of sp³-hybridized carbons (Fsp3) is 0.500. The largest absolute Gasteiger partial charge is 0.345 e. The van der Waals surface area contributed by atoms with Crippen LogP contribution in [0.5, 0.6) is 0 Å². The van der Waals surface area contributed by atoms with Crippen LogP contribution < -0.4 is 5.32 Å². The summed E-state index contributed by atoms with van der Waals surface area (Å²) in [5.41, 5.74) is 3.48. The second-order valence-corrected chi connectivity index (χ2v) is 5.28. The highest BCUT2D eigenvalue weighted by Gasteiger charge is 2.11. The molecule has 1 fully saturated rings. The van der Waals surface area contributed by atoms with Crippen molar-refractivity contribution in [1.29, 1.82) is 0 Å². The molecule has 0 atom stereocenters. The first-order valence-electron chi connectivity index (χ1n) is 6.85. The van der Waals surface area contributed by atoms with Gasteiger partial charge in [0.25, 0.3) is 0 Å². The summed E-state index contributed by atoms with van der Waals surface area (Å²) < 4.78 is 0. The zero-order valence-electron chi connectivity index (χ0n) is 11.4. The Kier molecular flexibility index (Phi) is 3.77. The summed E-state index contributed by atoms with van der Waals surface area (Å²) in [4.78, 5) is 12.3. The number of hydrogen-bond donors (Lipinski definition) is 2. The number of hydrogen-bond acceptors (Lipinski definition) is 4. The zero-order chi connectivity index (χ0) is 13.1. The number of benzene rings is 1. The standard InChI is InChI=1S/C14H21N5/c1-18(11-19-6-4-15-5-7-19)9-12-2-3-13-14(8-12)17-10-16-13/h2-3,8,10,15H,4-7,9,11H2,1H3,(H,16,17). The van der Waals surface area contributed by atoms with E-state index in [1.807, 2.05) is 0 Å². The molecule has 0 unspecified atom stereocenters. The van der Waals surface area contributed by atoms with E-state index in [2.05, 4.69) is 50.3 Å². The maximum atomic E-state index is 4.25. The molecule has 5 heteroatoms. The van der Waals surface area contributed by atoms with E-state index in [4.69, 9.17) is 0 Å². The van der Waals surface area contributed by atoms with Crippen molar-refractivity contribution in [1.82, 2.24) is 25.1 Å². The van der Waals surface area contributed by atoms with Gasteiger partial charge in [-0.2, -0.15) is 0 Å². The molecule has 3 rings (SSSR count). The molecule has 2 N–H and O–H groups in total. The average molecular weight is 259 g/mol. The minimum absolute atomic E-state index is 0.971. The highest BCUT2D eigenvalue weighted by atomic mass is 15.3. The third-order valence-corrected chi connectivity index (χ3v) is 3.59. The molecule has 19 heavy (non-hydrogen) atoms. The van der Waals surface area contributed by atoms with E-state index in [0.29, 0.717) is 0 Å². The number of nitrogens with zero attached hydrogens (tertiary/aromatic N) is 3. The van der Waals surface area contributed by atoms with Crippen molar-refractivity contribution in [2.75, 3.05) is 39.9 Å². The number of aromatic nitrogens is 2. The first-order valence-corrected chi connectivity index (χ1v) is 6.85. The Labute approximate surface area is 113 Å². The van der Waals surface area contributed by atoms with Crippen molar-refractivity contribution >= 4 is 11.0 Å². The van der Waals surface area contributed by atoms with Gasteiger partial charge < -0.3 is 10.3 Å². The molecule has 0 spiro atoms. The maximum Gasteiger partial charge on any atom is 0.0931 e. The molecular formula is C14H21N5. The van der Waals surface area contributed by atoms with E-state index in [1.165, 1.54) is 5.56 Å². The van der Waals surface area contributed by atoms with Gasteiger partial charge in [0, 0.05) is 32.7 Å². The Bertz CT molecular complexity index is 529. The smallest absolute Gasteiger partial charge is 0.0931 e. The highest BCUT2D eigenvalue weighted by molar-refractivity contribution is 5.74. The zero-order valence-corrected chi connectivity index (χ0v) is 11.4. The van der Waals surface area contributed by atoms with E-state index < -0.39 is 0 Å². The summed E-state index contributed by atoms with van der Waals surface area (Å²) >= 11 is 0. The molecular weight excluding hydrogens is 238 g/mol. The number of aromatic amines is 1. The van der Waals surface area contributed by atoms with E-state index in [9.17, 15) is 0 Å². The van der Waals surface area contributed by atoms with Gasteiger partial charge in [0.2, 0.25) is 0 Å². The normalized spacial score (nSPS) is 17.4. The van der Waals surface area contributed by atoms with Crippen molar-refractivity contribution in [3.63, 3.8) is 0 Å². The van der Waals surface area contributed by atoms with E-state index in [0.717, 1.165) is 50.4 Å². The van der Waals surface area contributed by atoms with Gasteiger partial charge in [-0.05, 0) is 24.7 Å². The summed E-state index contributed by atoms with van der Waals surface area (Å²) in [6.07, 6.45) is 1.75. The predicted octanol–water partition coefficient (Wildman–Crippen LogP) is 0.857. The van der Waals surface area contributed by atoms with Gasteiger partial charge >= 0.3 is 0 Å². The average Bonchev–Trinajstić information content (AvgIpc) is 2.87. The number of nitrogens with one attached hydrogen (secondary N) is 2. The van der Waals surface area contributed by atoms with Crippen molar-refractivity contribution in [2.45, 2.75) is 6.54 Å². The van der Waals surface area contributed by atoms with Gasteiger partial charge in [-0.3, -0.25) is 9.80 Å². The van der Waals surface area contributed by atoms with E-state index >= 15 is 0 Å². The van der Waals surface area contributed by atoms with E-state index in [-0.39, 0.29) is 0 Å². The number of H-pyrrole nitrogens is 1. The molecule has 5 nitrogen and oxygen atoms in total. The number of rotatable bonds is 4. The van der Waals surface area contributed by atoms with Crippen LogP contribution >= 0.6 is 0 Å². The minimum Gasteiger partial charge on any atom is -0.345 e. The summed E-state index contributed by atoms with van der Waals surface area (Å²) in [6.45, 7) is 6.50.